The van der Waals surface area contributed by atoms with Crippen LogP contribution >= 0.6 is 41.6 Å². The van der Waals surface area contributed by atoms with E-state index < -0.39 is 11.2 Å². The van der Waals surface area contributed by atoms with Gasteiger partial charge >= 0.3 is 41.5 Å². The van der Waals surface area contributed by atoms with Gasteiger partial charge in [-0.05, 0) is 0 Å². The normalized spacial score (nSPS) is 9.44. The molecule has 1 heterocycles. The third-order valence-electron chi connectivity index (χ3n) is 0.379. The maximum absolute atomic E-state index is 4.91. The molecule has 0 N–H and O–H groups in total. The summed E-state index contributed by atoms with van der Waals surface area (Å²) >= 11 is 0.109. The van der Waals surface area contributed by atoms with Crippen LogP contribution in [0.1, 0.15) is 0 Å². The fraction of sp³-hybridized carbons (Fsp3) is 0. The number of thiophene rings is 1. The van der Waals surface area contributed by atoms with Gasteiger partial charge in [0, 0.05) is 0 Å². The molecule has 54 valence electrons. The molecule has 0 amide bonds. The summed E-state index contributed by atoms with van der Waals surface area (Å²) in [5.41, 5.74) is 0. The molecule has 0 fully saturated rings. The topological polar surface area (TPSA) is 0 Å². The average Bonchev–Trinajstić information content (AvgIpc) is 2.11. The maximum atomic E-state index is 4.91. The predicted molar refractivity (Wildman–Crippen MR) is 40.7 cm³/mol. The van der Waals surface area contributed by atoms with Gasteiger partial charge in [-0.1, -0.05) is 0 Å². The second-order valence-electron chi connectivity index (χ2n) is 0.893. The molecule has 1 aromatic heterocycles. The number of hydrogen-bond donors (Lipinski definition) is 0. The molecule has 0 unspecified atom stereocenters. The smallest absolute Gasteiger partial charge is 0.124 e. The van der Waals surface area contributed by atoms with E-state index in [1.807, 2.05) is 17.5 Å². The minimum atomic E-state index is -1.48. The van der Waals surface area contributed by atoms with Crippen molar-refractivity contribution >= 4 is 41.6 Å². The van der Waals surface area contributed by atoms with Crippen LogP contribution in [0.25, 0.3) is 0 Å². The summed E-state index contributed by atoms with van der Waals surface area (Å²) < 4.78 is 0. The Bertz CT molecular complexity index is 99.4. The van der Waals surface area contributed by atoms with E-state index in [2.05, 4.69) is 5.38 Å². The zero-order chi connectivity index (χ0) is 7.11. The molecule has 0 saturated heterocycles. The molecule has 1 aromatic rings. The van der Waals surface area contributed by atoms with Gasteiger partial charge in [0.2, 0.25) is 0 Å². The zero-order valence-corrected chi connectivity index (χ0v) is 8.42. The Hall–Kier alpha value is 1.09. The van der Waals surface area contributed by atoms with E-state index in [9.17, 15) is 0 Å². The van der Waals surface area contributed by atoms with Gasteiger partial charge in [-0.2, -0.15) is 11.4 Å². The molecule has 0 saturated carbocycles. The molecule has 1 rings (SSSR count). The second-order valence-corrected chi connectivity index (χ2v) is 7.49. The number of rotatable bonds is 0. The standard InChI is InChI=1S/C4H3S.3ClH.Mn/c1-2-4-5-3-1;;;;/h1-3H;3*1H;/q-1;;;;+3/p-3. The molecule has 5 heteroatoms. The Morgan fingerprint density at radius 3 is 2.00 bits per heavy atom. The third kappa shape index (κ3) is 12.3. The van der Waals surface area contributed by atoms with E-state index in [-0.39, 0.29) is 0 Å². The Morgan fingerprint density at radius 2 is 1.89 bits per heavy atom. The summed E-state index contributed by atoms with van der Waals surface area (Å²) in [6, 6.07) is 3.86. The van der Waals surface area contributed by atoms with Gasteiger partial charge in [-0.25, -0.2) is 6.07 Å². The molecular weight excluding hydrogens is 241 g/mol. The van der Waals surface area contributed by atoms with Gasteiger partial charge in [0.15, 0.2) is 0 Å². The summed E-state index contributed by atoms with van der Waals surface area (Å²) in [7, 11) is 14.7. The van der Waals surface area contributed by atoms with Crippen LogP contribution in [-0.4, -0.2) is 0 Å². The van der Waals surface area contributed by atoms with Gasteiger partial charge in [0.1, 0.15) is 0 Å². The first-order valence-electron chi connectivity index (χ1n) is 1.82. The van der Waals surface area contributed by atoms with Crippen molar-refractivity contribution < 1.29 is 11.2 Å². The summed E-state index contributed by atoms with van der Waals surface area (Å²) in [6.07, 6.45) is 0. The Balaban J connectivity index is 0.000000148. The molecule has 0 spiro atoms. The average molecular weight is 244 g/mol. The van der Waals surface area contributed by atoms with Crippen LogP contribution in [0.15, 0.2) is 17.5 Å². The molecular formula is C4H3Cl3MnS-. The van der Waals surface area contributed by atoms with Gasteiger partial charge in [-0.15, -0.1) is 5.38 Å². The Labute approximate surface area is 75.3 Å². The first-order chi connectivity index (χ1) is 4.23. The molecule has 0 aliphatic heterocycles. The van der Waals surface area contributed by atoms with Crippen molar-refractivity contribution in [2.45, 2.75) is 0 Å². The summed E-state index contributed by atoms with van der Waals surface area (Å²) in [5.74, 6) is 0. The maximum Gasteiger partial charge on any atom is -0.124 e. The minimum Gasteiger partial charge on any atom is -0.304 e. The molecule has 0 aliphatic rings. The van der Waals surface area contributed by atoms with Crippen molar-refractivity contribution in [2.75, 3.05) is 0 Å². The fourth-order valence-corrected chi connectivity index (χ4v) is 0.589. The summed E-state index contributed by atoms with van der Waals surface area (Å²) in [5, 5.41) is 4.89. The van der Waals surface area contributed by atoms with Crippen molar-refractivity contribution in [3.8, 4) is 0 Å². The van der Waals surface area contributed by atoms with Crippen LogP contribution < -0.4 is 0 Å². The van der Waals surface area contributed by atoms with Crippen molar-refractivity contribution in [2.24, 2.45) is 0 Å². The molecule has 0 bridgehead atoms. The summed E-state index contributed by atoms with van der Waals surface area (Å²) in [6.45, 7) is 0. The first-order valence-corrected chi connectivity index (χ1v) is 7.58. The second kappa shape index (κ2) is 7.20. The van der Waals surface area contributed by atoms with E-state index >= 15 is 0 Å². The van der Waals surface area contributed by atoms with E-state index in [0.717, 1.165) is 0 Å². The van der Waals surface area contributed by atoms with Crippen LogP contribution in [-0.2, 0) is 11.2 Å². The van der Waals surface area contributed by atoms with Crippen molar-refractivity contribution in [3.63, 3.8) is 0 Å². The zero-order valence-electron chi connectivity index (χ0n) is 4.15. The van der Waals surface area contributed by atoms with Crippen molar-refractivity contribution in [1.29, 1.82) is 0 Å². The van der Waals surface area contributed by atoms with Gasteiger partial charge < -0.3 is 11.3 Å². The van der Waals surface area contributed by atoms with Crippen molar-refractivity contribution in [1.82, 2.24) is 0 Å². The summed E-state index contributed by atoms with van der Waals surface area (Å²) in [4.78, 5) is 0. The van der Waals surface area contributed by atoms with Crippen LogP contribution in [0.2, 0.25) is 0 Å². The van der Waals surface area contributed by atoms with E-state index in [4.69, 9.17) is 30.3 Å². The molecule has 0 aliphatic carbocycles. The fourth-order valence-electron chi connectivity index (χ4n) is 0.196. The van der Waals surface area contributed by atoms with Gasteiger partial charge in [0.25, 0.3) is 0 Å². The Kier molecular flexibility index (Phi) is 8.07. The molecule has 9 heavy (non-hydrogen) atoms. The number of hydrogen-bond acceptors (Lipinski definition) is 1. The predicted octanol–water partition coefficient (Wildman–Crippen LogP) is 3.61. The van der Waals surface area contributed by atoms with E-state index in [0.29, 0.717) is 0 Å². The van der Waals surface area contributed by atoms with E-state index in [1.54, 1.807) is 11.3 Å². The van der Waals surface area contributed by atoms with Crippen LogP contribution in [0.3, 0.4) is 0 Å². The van der Waals surface area contributed by atoms with Crippen LogP contribution in [0.5, 0.6) is 0 Å². The van der Waals surface area contributed by atoms with Gasteiger partial charge in [0.05, 0.1) is 0 Å². The molecule has 0 atom stereocenters. The Morgan fingerprint density at radius 1 is 1.33 bits per heavy atom. The quantitative estimate of drug-likeness (QED) is 0.483. The van der Waals surface area contributed by atoms with Crippen LogP contribution in [0.4, 0.5) is 0 Å². The third-order valence-corrected chi connectivity index (χ3v) is 0.944. The van der Waals surface area contributed by atoms with Crippen LogP contribution in [0, 0.1) is 5.38 Å². The number of halogens is 3. The van der Waals surface area contributed by atoms with E-state index in [1.165, 1.54) is 0 Å². The monoisotopic (exact) mass is 243 g/mol. The SMILES string of the molecule is [Cl][Mn]([Cl])[Cl].[c-]1cccs1. The largest absolute Gasteiger partial charge is 0.304 e. The van der Waals surface area contributed by atoms with Gasteiger partial charge in [-0.3, -0.25) is 0 Å². The minimum absolute atomic E-state index is 1.48. The first kappa shape index (κ1) is 10.1. The molecule has 0 nitrogen and oxygen atoms in total. The molecule has 0 aromatic carbocycles. The molecule has 0 radical (unpaired) electrons. The van der Waals surface area contributed by atoms with Crippen molar-refractivity contribution in [3.05, 3.63) is 22.9 Å².